The van der Waals surface area contributed by atoms with Gasteiger partial charge in [0.15, 0.2) is 0 Å². The van der Waals surface area contributed by atoms with Gasteiger partial charge in [0.25, 0.3) is 0 Å². The van der Waals surface area contributed by atoms with Gasteiger partial charge in [0, 0.05) is 38.3 Å². The Labute approximate surface area is 119 Å². The van der Waals surface area contributed by atoms with E-state index in [4.69, 9.17) is 4.74 Å². The maximum Gasteiger partial charge on any atom is 0.0630 e. The molecule has 19 heavy (non-hydrogen) atoms. The highest BCUT2D eigenvalue weighted by Crippen LogP contribution is 2.16. The Morgan fingerprint density at radius 2 is 2.11 bits per heavy atom. The molecule has 0 amide bonds. The molecule has 0 aromatic rings. The minimum absolute atomic E-state index is 0.167. The molecule has 114 valence electrons. The molecule has 1 rings (SSSR count). The van der Waals surface area contributed by atoms with E-state index in [1.165, 1.54) is 26.1 Å². The third kappa shape index (κ3) is 6.70. The van der Waals surface area contributed by atoms with Crippen LogP contribution in [-0.2, 0) is 4.74 Å². The molecule has 1 N–H and O–H groups in total. The van der Waals surface area contributed by atoms with Crippen LogP contribution < -0.4 is 5.32 Å². The number of nitrogens with one attached hydrogen (secondary N) is 1. The van der Waals surface area contributed by atoms with E-state index in [0.717, 1.165) is 19.1 Å². The number of likely N-dealkylation sites (tertiary alicyclic amines) is 1. The molecular weight excluding hydrogens is 238 g/mol. The van der Waals surface area contributed by atoms with Gasteiger partial charge < -0.3 is 15.0 Å². The molecular formula is C15H33N3O. The van der Waals surface area contributed by atoms with Crippen molar-refractivity contribution in [1.82, 2.24) is 15.1 Å². The first-order chi connectivity index (χ1) is 8.81. The zero-order valence-electron chi connectivity index (χ0n) is 13.7. The van der Waals surface area contributed by atoms with Crippen molar-refractivity contribution < 1.29 is 4.74 Å². The predicted molar refractivity (Wildman–Crippen MR) is 81.7 cm³/mol. The van der Waals surface area contributed by atoms with Crippen LogP contribution in [0.25, 0.3) is 0 Å². The fourth-order valence-electron chi connectivity index (χ4n) is 2.69. The first-order valence-electron chi connectivity index (χ1n) is 7.44. The van der Waals surface area contributed by atoms with E-state index in [1.54, 1.807) is 7.11 Å². The topological polar surface area (TPSA) is 27.7 Å². The summed E-state index contributed by atoms with van der Waals surface area (Å²) in [7, 11) is 6.24. The van der Waals surface area contributed by atoms with Crippen molar-refractivity contribution in [1.29, 1.82) is 0 Å². The second kappa shape index (κ2) is 7.58. The van der Waals surface area contributed by atoms with E-state index in [-0.39, 0.29) is 5.54 Å². The lowest BCUT2D eigenvalue weighted by Gasteiger charge is -2.32. The summed E-state index contributed by atoms with van der Waals surface area (Å²) in [6.07, 6.45) is 1.33. The second-order valence-electron chi connectivity index (χ2n) is 7.10. The van der Waals surface area contributed by atoms with Crippen LogP contribution in [-0.4, -0.2) is 75.4 Å². The molecule has 4 nitrogen and oxygen atoms in total. The molecule has 1 aliphatic rings. The minimum Gasteiger partial charge on any atom is -0.383 e. The minimum atomic E-state index is 0.167. The van der Waals surface area contributed by atoms with Gasteiger partial charge >= 0.3 is 0 Å². The molecule has 4 heteroatoms. The molecule has 0 spiro atoms. The Morgan fingerprint density at radius 1 is 1.42 bits per heavy atom. The van der Waals surface area contributed by atoms with Crippen molar-refractivity contribution in [3.63, 3.8) is 0 Å². The lowest BCUT2D eigenvalue weighted by Crippen LogP contribution is -2.49. The number of likely N-dealkylation sites (N-methyl/N-ethyl adjacent to an activating group) is 1. The molecule has 1 aliphatic heterocycles. The predicted octanol–water partition coefficient (Wildman–Crippen LogP) is 1.27. The van der Waals surface area contributed by atoms with Crippen LogP contribution in [0.3, 0.4) is 0 Å². The Kier molecular flexibility index (Phi) is 6.74. The molecule has 0 bridgehead atoms. The van der Waals surface area contributed by atoms with E-state index in [1.807, 2.05) is 0 Å². The van der Waals surface area contributed by atoms with Crippen LogP contribution >= 0.6 is 0 Å². The first-order valence-corrected chi connectivity index (χ1v) is 7.44. The van der Waals surface area contributed by atoms with Gasteiger partial charge in [0.2, 0.25) is 0 Å². The molecule has 0 aliphatic carbocycles. The summed E-state index contributed by atoms with van der Waals surface area (Å²) in [6, 6.07) is 0.454. The molecule has 1 heterocycles. The highest BCUT2D eigenvalue weighted by atomic mass is 16.5. The maximum absolute atomic E-state index is 5.38. The van der Waals surface area contributed by atoms with E-state index in [9.17, 15) is 0 Å². The molecule has 0 aromatic carbocycles. The highest BCUT2D eigenvalue weighted by Gasteiger charge is 2.24. The van der Waals surface area contributed by atoms with Crippen LogP contribution in [0.15, 0.2) is 0 Å². The quantitative estimate of drug-likeness (QED) is 0.755. The van der Waals surface area contributed by atoms with Gasteiger partial charge in [-0.05, 0) is 53.8 Å². The number of hydrogen-bond donors (Lipinski definition) is 1. The molecule has 1 fully saturated rings. The second-order valence-corrected chi connectivity index (χ2v) is 7.10. The SMILES string of the molecule is COCC(CNC(C)(C)C)N(C)CC1CCN(C)C1. The van der Waals surface area contributed by atoms with Crippen molar-refractivity contribution in [2.24, 2.45) is 5.92 Å². The summed E-state index contributed by atoms with van der Waals surface area (Å²) in [6.45, 7) is 12.1. The fourth-order valence-corrected chi connectivity index (χ4v) is 2.69. The van der Waals surface area contributed by atoms with Crippen LogP contribution in [0.5, 0.6) is 0 Å². The Balaban J connectivity index is 2.40. The Hall–Kier alpha value is -0.160. The number of hydrogen-bond acceptors (Lipinski definition) is 4. The smallest absolute Gasteiger partial charge is 0.0630 e. The van der Waals surface area contributed by atoms with Crippen LogP contribution in [0.4, 0.5) is 0 Å². The standard InChI is InChI=1S/C15H33N3O/c1-15(2,3)16-9-14(12-19-6)18(5)11-13-7-8-17(4)10-13/h13-14,16H,7-12H2,1-6H3. The molecule has 0 radical (unpaired) electrons. The zero-order valence-corrected chi connectivity index (χ0v) is 13.7. The van der Waals surface area contributed by atoms with Gasteiger partial charge in [-0.1, -0.05) is 0 Å². The number of nitrogens with zero attached hydrogens (tertiary/aromatic N) is 2. The van der Waals surface area contributed by atoms with E-state index in [2.05, 4.69) is 50.0 Å². The van der Waals surface area contributed by atoms with Crippen LogP contribution in [0.1, 0.15) is 27.2 Å². The number of methoxy groups -OCH3 is 1. The largest absolute Gasteiger partial charge is 0.383 e. The first kappa shape index (κ1) is 16.9. The van der Waals surface area contributed by atoms with Gasteiger partial charge in [-0.15, -0.1) is 0 Å². The summed E-state index contributed by atoms with van der Waals surface area (Å²) in [4.78, 5) is 4.89. The monoisotopic (exact) mass is 271 g/mol. The summed E-state index contributed by atoms with van der Waals surface area (Å²) in [5.41, 5.74) is 0.167. The van der Waals surface area contributed by atoms with E-state index in [0.29, 0.717) is 6.04 Å². The van der Waals surface area contributed by atoms with Gasteiger partial charge in [-0.2, -0.15) is 0 Å². The van der Waals surface area contributed by atoms with Crippen molar-refractivity contribution in [2.45, 2.75) is 38.8 Å². The molecule has 1 saturated heterocycles. The van der Waals surface area contributed by atoms with Crippen LogP contribution in [0, 0.1) is 5.92 Å². The van der Waals surface area contributed by atoms with Crippen molar-refractivity contribution in [3.05, 3.63) is 0 Å². The lowest BCUT2D eigenvalue weighted by atomic mass is 10.1. The average Bonchev–Trinajstić information content (AvgIpc) is 2.68. The van der Waals surface area contributed by atoms with Gasteiger partial charge in [0.1, 0.15) is 0 Å². The average molecular weight is 271 g/mol. The van der Waals surface area contributed by atoms with E-state index < -0.39 is 0 Å². The van der Waals surface area contributed by atoms with Crippen molar-refractivity contribution in [2.75, 3.05) is 54.0 Å². The maximum atomic E-state index is 5.38. The van der Waals surface area contributed by atoms with E-state index >= 15 is 0 Å². The molecule has 0 saturated carbocycles. The Morgan fingerprint density at radius 3 is 2.58 bits per heavy atom. The summed E-state index contributed by atoms with van der Waals surface area (Å²) in [5.74, 6) is 0.809. The third-order valence-corrected chi connectivity index (χ3v) is 3.89. The summed E-state index contributed by atoms with van der Waals surface area (Å²) >= 11 is 0. The zero-order chi connectivity index (χ0) is 14.5. The fraction of sp³-hybridized carbons (Fsp3) is 1.00. The highest BCUT2D eigenvalue weighted by molar-refractivity contribution is 4.81. The van der Waals surface area contributed by atoms with Crippen molar-refractivity contribution >= 4 is 0 Å². The Bertz CT molecular complexity index is 252. The summed E-state index contributed by atoms with van der Waals surface area (Å²) < 4.78 is 5.38. The molecule has 2 atom stereocenters. The van der Waals surface area contributed by atoms with Crippen molar-refractivity contribution in [3.8, 4) is 0 Å². The normalized spacial score (nSPS) is 23.2. The van der Waals surface area contributed by atoms with Gasteiger partial charge in [0.05, 0.1) is 6.61 Å². The lowest BCUT2D eigenvalue weighted by molar-refractivity contribution is 0.0923. The molecule has 0 aromatic heterocycles. The summed E-state index contributed by atoms with van der Waals surface area (Å²) in [5, 5.41) is 3.59. The molecule has 2 unspecified atom stereocenters. The van der Waals surface area contributed by atoms with Gasteiger partial charge in [-0.3, -0.25) is 4.90 Å². The number of ether oxygens (including phenoxy) is 1. The van der Waals surface area contributed by atoms with Gasteiger partial charge in [-0.25, -0.2) is 0 Å². The van der Waals surface area contributed by atoms with Crippen LogP contribution in [0.2, 0.25) is 0 Å². The third-order valence-electron chi connectivity index (χ3n) is 3.89. The number of rotatable bonds is 7.